The minimum Gasteiger partial charge on any atom is -0.369 e. The summed E-state index contributed by atoms with van der Waals surface area (Å²) in [7, 11) is 1.88. The molecule has 2 aliphatic heterocycles. The normalized spacial score (nSPS) is 24.0. The minimum atomic E-state index is 0. The molecule has 0 aliphatic carbocycles. The molecule has 3 rings (SSSR count). The third kappa shape index (κ3) is 6.52. The molecule has 0 bridgehead atoms. The van der Waals surface area contributed by atoms with Crippen molar-refractivity contribution in [2.45, 2.75) is 45.2 Å². The minimum absolute atomic E-state index is 0. The first kappa shape index (κ1) is 22.3. The number of nitrogens with zero attached hydrogens (tertiary/aromatic N) is 3. The number of hydrogen-bond acceptors (Lipinski definition) is 3. The molecule has 6 heteroatoms. The molecule has 2 atom stereocenters. The van der Waals surface area contributed by atoms with E-state index in [2.05, 4.69) is 69.6 Å². The van der Waals surface area contributed by atoms with Crippen LogP contribution >= 0.6 is 24.0 Å². The van der Waals surface area contributed by atoms with Gasteiger partial charge in [-0.2, -0.15) is 0 Å². The lowest BCUT2D eigenvalue weighted by atomic mass is 9.97. The van der Waals surface area contributed by atoms with E-state index in [1.165, 1.54) is 31.6 Å². The number of piperidine rings is 1. The SMILES string of the molecule is CN=C(NCC1CCCN(C(C)C)C1)NC1CCN(c2ccccc2)C1.I. The largest absolute Gasteiger partial charge is 0.369 e. The van der Waals surface area contributed by atoms with Crippen LogP contribution < -0.4 is 15.5 Å². The fraction of sp³-hybridized carbons (Fsp3) is 0.667. The standard InChI is InChI=1S/C21H35N5.HI/c1-17(2)25-12-7-8-18(15-25)14-23-21(22-3)24-19-11-13-26(16-19)20-9-5-4-6-10-20;/h4-6,9-10,17-19H,7-8,11-16H2,1-3H3,(H2,22,23,24);1H. The van der Waals surface area contributed by atoms with Crippen molar-refractivity contribution in [3.8, 4) is 0 Å². The van der Waals surface area contributed by atoms with Gasteiger partial charge in [-0.1, -0.05) is 18.2 Å². The number of nitrogens with one attached hydrogen (secondary N) is 2. The molecule has 1 aromatic rings. The van der Waals surface area contributed by atoms with Crippen molar-refractivity contribution in [1.82, 2.24) is 15.5 Å². The van der Waals surface area contributed by atoms with Crippen LogP contribution in [0, 0.1) is 5.92 Å². The highest BCUT2D eigenvalue weighted by molar-refractivity contribution is 14.0. The molecule has 0 spiro atoms. The van der Waals surface area contributed by atoms with E-state index in [-0.39, 0.29) is 24.0 Å². The molecule has 2 N–H and O–H groups in total. The van der Waals surface area contributed by atoms with Crippen LogP contribution in [-0.4, -0.2) is 62.7 Å². The Morgan fingerprint density at radius 3 is 2.63 bits per heavy atom. The monoisotopic (exact) mass is 485 g/mol. The summed E-state index contributed by atoms with van der Waals surface area (Å²) in [5, 5.41) is 7.20. The Morgan fingerprint density at radius 2 is 1.93 bits per heavy atom. The fourth-order valence-corrected chi connectivity index (χ4v) is 4.11. The Labute approximate surface area is 182 Å². The third-order valence-corrected chi connectivity index (χ3v) is 5.71. The molecular formula is C21H36IN5. The van der Waals surface area contributed by atoms with Gasteiger partial charge < -0.3 is 20.4 Å². The molecule has 5 nitrogen and oxygen atoms in total. The predicted octanol–water partition coefficient (Wildman–Crippen LogP) is 3.17. The number of aliphatic imine (C=N–C) groups is 1. The van der Waals surface area contributed by atoms with Gasteiger partial charge in [0.15, 0.2) is 5.96 Å². The molecule has 27 heavy (non-hydrogen) atoms. The van der Waals surface area contributed by atoms with Crippen LogP contribution in [0.2, 0.25) is 0 Å². The van der Waals surface area contributed by atoms with Crippen molar-refractivity contribution in [1.29, 1.82) is 0 Å². The zero-order chi connectivity index (χ0) is 18.4. The molecule has 2 heterocycles. The molecule has 0 aromatic heterocycles. The number of benzene rings is 1. The summed E-state index contributed by atoms with van der Waals surface area (Å²) < 4.78 is 0. The van der Waals surface area contributed by atoms with Crippen molar-refractivity contribution in [2.24, 2.45) is 10.9 Å². The van der Waals surface area contributed by atoms with E-state index in [1.54, 1.807) is 0 Å². The first-order valence-electron chi connectivity index (χ1n) is 10.2. The lowest BCUT2D eigenvalue weighted by Crippen LogP contribution is -2.48. The molecule has 1 aromatic carbocycles. The maximum Gasteiger partial charge on any atom is 0.191 e. The second-order valence-corrected chi connectivity index (χ2v) is 7.96. The molecule has 2 unspecified atom stereocenters. The summed E-state index contributed by atoms with van der Waals surface area (Å²) in [5.74, 6) is 1.67. The number of rotatable bonds is 5. The number of para-hydroxylation sites is 1. The topological polar surface area (TPSA) is 42.9 Å². The Morgan fingerprint density at radius 1 is 1.15 bits per heavy atom. The Balaban J connectivity index is 0.00000261. The number of anilines is 1. The van der Waals surface area contributed by atoms with Gasteiger partial charge in [0.1, 0.15) is 0 Å². The Bertz CT molecular complexity index is 577. The fourth-order valence-electron chi connectivity index (χ4n) is 4.11. The molecule has 2 aliphatic rings. The van der Waals surface area contributed by atoms with Gasteiger partial charge >= 0.3 is 0 Å². The van der Waals surface area contributed by atoms with Crippen LogP contribution in [0.4, 0.5) is 5.69 Å². The van der Waals surface area contributed by atoms with Gasteiger partial charge in [0.25, 0.3) is 0 Å². The number of halogens is 1. The molecule has 0 saturated carbocycles. The number of likely N-dealkylation sites (tertiary alicyclic amines) is 1. The van der Waals surface area contributed by atoms with Gasteiger partial charge in [0.2, 0.25) is 0 Å². The smallest absolute Gasteiger partial charge is 0.191 e. The highest BCUT2D eigenvalue weighted by Crippen LogP contribution is 2.20. The maximum atomic E-state index is 4.45. The molecule has 2 fully saturated rings. The lowest BCUT2D eigenvalue weighted by Gasteiger charge is -2.35. The van der Waals surface area contributed by atoms with E-state index < -0.39 is 0 Å². The summed E-state index contributed by atoms with van der Waals surface area (Å²) in [5.41, 5.74) is 1.32. The van der Waals surface area contributed by atoms with E-state index in [9.17, 15) is 0 Å². The highest BCUT2D eigenvalue weighted by Gasteiger charge is 2.24. The summed E-state index contributed by atoms with van der Waals surface area (Å²) in [6.45, 7) is 10.2. The van der Waals surface area contributed by atoms with Gasteiger partial charge in [-0.3, -0.25) is 4.99 Å². The Kier molecular flexibility index (Phi) is 9.15. The highest BCUT2D eigenvalue weighted by atomic mass is 127. The summed E-state index contributed by atoms with van der Waals surface area (Å²) in [4.78, 5) is 9.50. The van der Waals surface area contributed by atoms with E-state index in [0.29, 0.717) is 18.0 Å². The average Bonchev–Trinajstić information content (AvgIpc) is 3.14. The van der Waals surface area contributed by atoms with Gasteiger partial charge in [0.05, 0.1) is 0 Å². The lowest BCUT2D eigenvalue weighted by molar-refractivity contribution is 0.141. The maximum absolute atomic E-state index is 4.45. The number of guanidine groups is 1. The zero-order valence-electron chi connectivity index (χ0n) is 17.0. The van der Waals surface area contributed by atoms with Gasteiger partial charge in [-0.15, -0.1) is 24.0 Å². The van der Waals surface area contributed by atoms with Gasteiger partial charge in [-0.25, -0.2) is 0 Å². The van der Waals surface area contributed by atoms with Crippen LogP contribution in [0.1, 0.15) is 33.1 Å². The Hall–Kier alpha value is -1.02. The quantitative estimate of drug-likeness (QED) is 0.382. The second-order valence-electron chi connectivity index (χ2n) is 7.96. The third-order valence-electron chi connectivity index (χ3n) is 5.71. The van der Waals surface area contributed by atoms with Crippen LogP contribution in [0.25, 0.3) is 0 Å². The van der Waals surface area contributed by atoms with Gasteiger partial charge in [0, 0.05) is 51.0 Å². The second kappa shape index (κ2) is 11.1. The van der Waals surface area contributed by atoms with E-state index in [0.717, 1.165) is 32.0 Å². The van der Waals surface area contributed by atoms with E-state index in [1.807, 2.05) is 7.05 Å². The molecule has 0 radical (unpaired) electrons. The van der Waals surface area contributed by atoms with Crippen molar-refractivity contribution in [3.63, 3.8) is 0 Å². The molecular weight excluding hydrogens is 449 g/mol. The first-order valence-corrected chi connectivity index (χ1v) is 10.2. The zero-order valence-corrected chi connectivity index (χ0v) is 19.4. The van der Waals surface area contributed by atoms with Crippen LogP contribution in [0.5, 0.6) is 0 Å². The van der Waals surface area contributed by atoms with Crippen LogP contribution in [0.3, 0.4) is 0 Å². The number of hydrogen-bond donors (Lipinski definition) is 2. The van der Waals surface area contributed by atoms with Crippen molar-refractivity contribution < 1.29 is 0 Å². The summed E-state index contributed by atoms with van der Waals surface area (Å²) in [6, 6.07) is 11.8. The van der Waals surface area contributed by atoms with Crippen molar-refractivity contribution in [3.05, 3.63) is 30.3 Å². The molecule has 152 valence electrons. The van der Waals surface area contributed by atoms with Crippen molar-refractivity contribution >= 4 is 35.6 Å². The van der Waals surface area contributed by atoms with Gasteiger partial charge in [-0.05, 0) is 57.7 Å². The molecule has 2 saturated heterocycles. The van der Waals surface area contributed by atoms with Crippen LogP contribution in [0.15, 0.2) is 35.3 Å². The summed E-state index contributed by atoms with van der Waals surface area (Å²) in [6.07, 6.45) is 3.78. The van der Waals surface area contributed by atoms with Crippen LogP contribution in [-0.2, 0) is 0 Å². The molecule has 0 amide bonds. The van der Waals surface area contributed by atoms with E-state index >= 15 is 0 Å². The summed E-state index contributed by atoms with van der Waals surface area (Å²) >= 11 is 0. The predicted molar refractivity (Wildman–Crippen MR) is 126 cm³/mol. The first-order chi connectivity index (χ1) is 12.7. The van der Waals surface area contributed by atoms with E-state index in [4.69, 9.17) is 0 Å². The van der Waals surface area contributed by atoms with Crippen molar-refractivity contribution in [2.75, 3.05) is 44.7 Å². The average molecular weight is 485 g/mol.